The largest absolute Gasteiger partial charge is 0.494 e. The first-order chi connectivity index (χ1) is 14.5. The predicted octanol–water partition coefficient (Wildman–Crippen LogP) is 4.36. The van der Waals surface area contributed by atoms with Gasteiger partial charge in [0.05, 0.1) is 6.61 Å². The third kappa shape index (κ3) is 4.89. The Morgan fingerprint density at radius 3 is 2.37 bits per heavy atom. The van der Waals surface area contributed by atoms with Crippen molar-refractivity contribution in [1.29, 1.82) is 0 Å². The van der Waals surface area contributed by atoms with Gasteiger partial charge in [-0.25, -0.2) is 0 Å². The van der Waals surface area contributed by atoms with Crippen LogP contribution in [0.15, 0.2) is 51.6 Å². The summed E-state index contributed by atoms with van der Waals surface area (Å²) in [5.74, 6) is 1.37. The van der Waals surface area contributed by atoms with E-state index in [1.807, 2.05) is 40.1 Å². The molecule has 2 aliphatic rings. The van der Waals surface area contributed by atoms with Gasteiger partial charge < -0.3 is 19.0 Å². The van der Waals surface area contributed by atoms with Crippen molar-refractivity contribution in [1.82, 2.24) is 9.80 Å². The number of carbonyl (C=O) groups is 2. The first-order valence-electron chi connectivity index (χ1n) is 10.5. The molecule has 4 rings (SSSR count). The number of amides is 2. The number of likely N-dealkylation sites (tertiary alicyclic amines) is 2. The highest BCUT2D eigenvalue weighted by Crippen LogP contribution is 2.41. The second kappa shape index (κ2) is 9.25. The summed E-state index contributed by atoms with van der Waals surface area (Å²) in [4.78, 5) is 29.1. The number of piperidine rings is 1. The van der Waals surface area contributed by atoms with Gasteiger partial charge in [-0.15, -0.1) is 0 Å². The summed E-state index contributed by atoms with van der Waals surface area (Å²) >= 11 is 3.25. The summed E-state index contributed by atoms with van der Waals surface area (Å²) in [6, 6.07) is 13.1. The average Bonchev–Trinajstić information content (AvgIpc) is 3.39. The SMILES string of the molecule is O=C(CCCOc1ccccc1)N1CCC2(CC1)CCN(C(=O)c1ccc(Br)o1)C2. The molecule has 0 unspecified atom stereocenters. The van der Waals surface area contributed by atoms with E-state index in [9.17, 15) is 9.59 Å². The van der Waals surface area contributed by atoms with Crippen LogP contribution in [0.2, 0.25) is 0 Å². The predicted molar refractivity (Wildman–Crippen MR) is 116 cm³/mol. The second-order valence-electron chi connectivity index (χ2n) is 8.23. The standard InChI is InChI=1S/C23H27BrN2O4/c24-20-9-8-19(30-20)22(28)26-15-12-23(17-26)10-13-25(14-11-23)21(27)7-4-16-29-18-5-2-1-3-6-18/h1-3,5-6,8-9H,4,7,10-17H2. The van der Waals surface area contributed by atoms with Gasteiger partial charge in [0.1, 0.15) is 5.75 Å². The number of para-hydroxylation sites is 1. The van der Waals surface area contributed by atoms with E-state index in [1.54, 1.807) is 12.1 Å². The molecule has 0 radical (unpaired) electrons. The molecular formula is C23H27BrN2O4. The van der Waals surface area contributed by atoms with E-state index in [2.05, 4.69) is 15.9 Å². The summed E-state index contributed by atoms with van der Waals surface area (Å²) in [6.07, 6.45) is 4.12. The van der Waals surface area contributed by atoms with E-state index < -0.39 is 0 Å². The van der Waals surface area contributed by atoms with Crippen molar-refractivity contribution in [3.8, 4) is 5.75 Å². The van der Waals surface area contributed by atoms with Crippen molar-refractivity contribution >= 4 is 27.7 Å². The van der Waals surface area contributed by atoms with Crippen LogP contribution < -0.4 is 4.74 Å². The fourth-order valence-corrected chi connectivity index (χ4v) is 4.73. The van der Waals surface area contributed by atoms with Crippen molar-refractivity contribution in [2.24, 2.45) is 5.41 Å². The van der Waals surface area contributed by atoms with Crippen LogP contribution in [-0.4, -0.2) is 54.4 Å². The number of ether oxygens (including phenoxy) is 1. The fraction of sp³-hybridized carbons (Fsp3) is 0.478. The lowest BCUT2D eigenvalue weighted by atomic mass is 9.77. The summed E-state index contributed by atoms with van der Waals surface area (Å²) < 4.78 is 11.7. The van der Waals surface area contributed by atoms with E-state index in [0.717, 1.165) is 57.6 Å². The summed E-state index contributed by atoms with van der Waals surface area (Å²) in [7, 11) is 0. The molecule has 3 heterocycles. The maximum Gasteiger partial charge on any atom is 0.289 e. The van der Waals surface area contributed by atoms with E-state index >= 15 is 0 Å². The molecule has 0 N–H and O–H groups in total. The Morgan fingerprint density at radius 2 is 1.70 bits per heavy atom. The van der Waals surface area contributed by atoms with Crippen molar-refractivity contribution in [2.45, 2.75) is 32.1 Å². The molecule has 0 aliphatic carbocycles. The van der Waals surface area contributed by atoms with E-state index in [-0.39, 0.29) is 17.2 Å². The monoisotopic (exact) mass is 474 g/mol. The van der Waals surface area contributed by atoms with Crippen molar-refractivity contribution in [3.05, 3.63) is 52.9 Å². The Morgan fingerprint density at radius 1 is 1.00 bits per heavy atom. The smallest absolute Gasteiger partial charge is 0.289 e. The zero-order valence-corrected chi connectivity index (χ0v) is 18.6. The molecule has 160 valence electrons. The summed E-state index contributed by atoms with van der Waals surface area (Å²) in [5.41, 5.74) is 0.132. The van der Waals surface area contributed by atoms with Gasteiger partial charge >= 0.3 is 0 Å². The van der Waals surface area contributed by atoms with Crippen LogP contribution in [0.4, 0.5) is 0 Å². The summed E-state index contributed by atoms with van der Waals surface area (Å²) in [6.45, 7) is 3.59. The number of rotatable bonds is 6. The zero-order chi connectivity index (χ0) is 21.0. The highest BCUT2D eigenvalue weighted by atomic mass is 79.9. The molecule has 30 heavy (non-hydrogen) atoms. The summed E-state index contributed by atoms with van der Waals surface area (Å²) in [5, 5.41) is 0. The number of hydrogen-bond acceptors (Lipinski definition) is 4. The third-order valence-corrected chi connectivity index (χ3v) is 6.66. The number of nitrogens with zero attached hydrogens (tertiary/aromatic N) is 2. The van der Waals surface area contributed by atoms with Gasteiger partial charge in [0, 0.05) is 32.6 Å². The van der Waals surface area contributed by atoms with E-state index in [0.29, 0.717) is 23.5 Å². The maximum absolute atomic E-state index is 12.6. The van der Waals surface area contributed by atoms with Crippen molar-refractivity contribution in [3.63, 3.8) is 0 Å². The molecule has 0 saturated carbocycles. The average molecular weight is 475 g/mol. The number of hydrogen-bond donors (Lipinski definition) is 0. The third-order valence-electron chi connectivity index (χ3n) is 6.23. The Labute approximate surface area is 185 Å². The molecule has 7 heteroatoms. The molecule has 2 aromatic rings. The molecule has 2 amide bonds. The van der Waals surface area contributed by atoms with Crippen LogP contribution in [-0.2, 0) is 4.79 Å². The fourth-order valence-electron chi connectivity index (χ4n) is 4.42. The number of halogens is 1. The van der Waals surface area contributed by atoms with Crippen LogP contribution in [0.3, 0.4) is 0 Å². The number of carbonyl (C=O) groups excluding carboxylic acids is 2. The first kappa shape index (κ1) is 21.0. The molecule has 0 atom stereocenters. The van der Waals surface area contributed by atoms with Gasteiger partial charge in [0.15, 0.2) is 10.4 Å². The second-order valence-corrected chi connectivity index (χ2v) is 9.01. The molecule has 2 fully saturated rings. The van der Waals surface area contributed by atoms with Crippen molar-refractivity contribution in [2.75, 3.05) is 32.8 Å². The Hall–Kier alpha value is -2.28. The van der Waals surface area contributed by atoms with E-state index in [1.165, 1.54) is 0 Å². The van der Waals surface area contributed by atoms with Crippen LogP contribution in [0.5, 0.6) is 5.75 Å². The molecular weight excluding hydrogens is 448 g/mol. The van der Waals surface area contributed by atoms with Crippen LogP contribution in [0, 0.1) is 5.41 Å². The zero-order valence-electron chi connectivity index (χ0n) is 17.0. The highest BCUT2D eigenvalue weighted by molar-refractivity contribution is 9.10. The maximum atomic E-state index is 12.6. The molecule has 1 aromatic heterocycles. The lowest BCUT2D eigenvalue weighted by Crippen LogP contribution is -2.44. The van der Waals surface area contributed by atoms with Gasteiger partial charge in [-0.05, 0) is 71.3 Å². The van der Waals surface area contributed by atoms with Crippen molar-refractivity contribution < 1.29 is 18.7 Å². The minimum atomic E-state index is -0.0468. The lowest BCUT2D eigenvalue weighted by Gasteiger charge is -2.39. The minimum Gasteiger partial charge on any atom is -0.494 e. The van der Waals surface area contributed by atoms with Crippen LogP contribution >= 0.6 is 15.9 Å². The molecule has 0 bridgehead atoms. The Kier molecular flexibility index (Phi) is 6.46. The first-order valence-corrected chi connectivity index (χ1v) is 11.3. The minimum absolute atomic E-state index is 0.0468. The molecule has 2 aliphatic heterocycles. The molecule has 6 nitrogen and oxygen atoms in total. The van der Waals surface area contributed by atoms with Crippen LogP contribution in [0.25, 0.3) is 0 Å². The number of benzene rings is 1. The van der Waals surface area contributed by atoms with Gasteiger partial charge in [0.2, 0.25) is 5.91 Å². The Balaban J connectivity index is 1.20. The van der Waals surface area contributed by atoms with Gasteiger partial charge in [-0.3, -0.25) is 9.59 Å². The Bertz CT molecular complexity index is 874. The highest BCUT2D eigenvalue weighted by Gasteiger charge is 2.43. The van der Waals surface area contributed by atoms with E-state index in [4.69, 9.17) is 9.15 Å². The van der Waals surface area contributed by atoms with Crippen LogP contribution in [0.1, 0.15) is 42.7 Å². The lowest BCUT2D eigenvalue weighted by molar-refractivity contribution is -0.133. The molecule has 1 aromatic carbocycles. The molecule has 2 saturated heterocycles. The quantitative estimate of drug-likeness (QED) is 0.583. The molecule has 1 spiro atoms. The van der Waals surface area contributed by atoms with Gasteiger partial charge in [-0.2, -0.15) is 0 Å². The number of furan rings is 1. The van der Waals surface area contributed by atoms with Gasteiger partial charge in [0.25, 0.3) is 5.91 Å². The topological polar surface area (TPSA) is 63.0 Å². The normalized spacial score (nSPS) is 18.0. The van der Waals surface area contributed by atoms with Gasteiger partial charge in [-0.1, -0.05) is 18.2 Å².